The topological polar surface area (TPSA) is 90.6 Å². The lowest BCUT2D eigenvalue weighted by molar-refractivity contribution is -0.114. The number of methoxy groups -OCH3 is 1. The molecule has 1 N–H and O–H groups in total. The van der Waals surface area contributed by atoms with Gasteiger partial charge in [-0.15, -0.1) is 5.10 Å². The van der Waals surface area contributed by atoms with Crippen LogP contribution in [0.2, 0.25) is 0 Å². The monoisotopic (exact) mass is 479 g/mol. The molecule has 0 atom stereocenters. The summed E-state index contributed by atoms with van der Waals surface area (Å²) < 4.78 is 25.1. The second-order valence-electron chi connectivity index (χ2n) is 7.89. The van der Waals surface area contributed by atoms with Gasteiger partial charge < -0.3 is 14.4 Å². The first kappa shape index (κ1) is 22.1. The molecule has 3 aliphatic rings. The lowest BCUT2D eigenvalue weighted by atomic mass is 10.1. The fourth-order valence-electron chi connectivity index (χ4n) is 3.85. The Hall–Kier alpha value is -3.66. The van der Waals surface area contributed by atoms with Crippen LogP contribution in [0.1, 0.15) is 24.0 Å². The van der Waals surface area contributed by atoms with Crippen LogP contribution in [-0.2, 0) is 11.4 Å². The molecule has 0 saturated carbocycles. The van der Waals surface area contributed by atoms with Crippen LogP contribution in [-0.4, -0.2) is 52.2 Å². The van der Waals surface area contributed by atoms with Crippen LogP contribution >= 0.6 is 11.8 Å². The molecule has 0 aromatic heterocycles. The number of nitrogens with one attached hydrogen (secondary N) is 1. The number of carbonyl (C=O) groups excluding carboxylic acids is 1. The van der Waals surface area contributed by atoms with E-state index in [0.717, 1.165) is 31.1 Å². The van der Waals surface area contributed by atoms with Gasteiger partial charge in [0, 0.05) is 18.7 Å². The van der Waals surface area contributed by atoms with Crippen LogP contribution in [0.25, 0.3) is 6.08 Å². The Morgan fingerprint density at radius 3 is 2.71 bits per heavy atom. The van der Waals surface area contributed by atoms with Crippen molar-refractivity contribution in [1.29, 1.82) is 5.41 Å². The number of fused-ring (bicyclic) bond motifs is 1. The van der Waals surface area contributed by atoms with Crippen molar-refractivity contribution in [1.82, 2.24) is 9.91 Å². The van der Waals surface area contributed by atoms with Gasteiger partial charge >= 0.3 is 0 Å². The van der Waals surface area contributed by atoms with Crippen LogP contribution in [0.4, 0.5) is 4.39 Å². The summed E-state index contributed by atoms with van der Waals surface area (Å²) in [5, 5.41) is 15.7. The number of carbonyl (C=O) groups is 1. The summed E-state index contributed by atoms with van der Waals surface area (Å²) in [4.78, 5) is 19.0. The number of likely N-dealkylation sites (tertiary alicyclic amines) is 1. The van der Waals surface area contributed by atoms with Gasteiger partial charge in [-0.05, 0) is 54.4 Å². The lowest BCUT2D eigenvalue weighted by Gasteiger charge is -2.20. The quantitative estimate of drug-likeness (QED) is 0.650. The highest BCUT2D eigenvalue weighted by atomic mass is 32.2. The van der Waals surface area contributed by atoms with E-state index >= 15 is 0 Å². The Morgan fingerprint density at radius 2 is 1.94 bits per heavy atom. The zero-order valence-electron chi connectivity index (χ0n) is 18.5. The number of aliphatic imine (C=N–C) groups is 1. The Bertz CT molecular complexity index is 1250. The summed E-state index contributed by atoms with van der Waals surface area (Å²) in [6.07, 6.45) is 3.80. The van der Waals surface area contributed by atoms with E-state index in [1.807, 2.05) is 0 Å². The van der Waals surface area contributed by atoms with Gasteiger partial charge in [-0.25, -0.2) is 4.39 Å². The number of amidine groups is 3. The lowest BCUT2D eigenvalue weighted by Crippen LogP contribution is -2.35. The van der Waals surface area contributed by atoms with Gasteiger partial charge in [0.25, 0.3) is 5.91 Å². The number of hydrogen-bond acceptors (Lipinski definition) is 7. The maximum Gasteiger partial charge on any atom is 0.283 e. The number of rotatable bonds is 5. The molecule has 0 unspecified atom stereocenters. The number of amides is 1. The number of nitrogens with zero attached hydrogens (tertiary/aromatic N) is 4. The van der Waals surface area contributed by atoms with E-state index in [0.29, 0.717) is 27.8 Å². The van der Waals surface area contributed by atoms with E-state index < -0.39 is 5.91 Å². The van der Waals surface area contributed by atoms with Gasteiger partial charge in [0.2, 0.25) is 5.17 Å². The minimum atomic E-state index is -0.486. The van der Waals surface area contributed by atoms with Gasteiger partial charge in [-0.3, -0.25) is 10.2 Å². The predicted octanol–water partition coefficient (Wildman–Crippen LogP) is 4.09. The smallest absolute Gasteiger partial charge is 0.283 e. The summed E-state index contributed by atoms with van der Waals surface area (Å²) in [6, 6.07) is 11.5. The van der Waals surface area contributed by atoms with Crippen LogP contribution in [0.3, 0.4) is 0 Å². The summed E-state index contributed by atoms with van der Waals surface area (Å²) >= 11 is 1.32. The summed E-state index contributed by atoms with van der Waals surface area (Å²) in [7, 11) is 1.50. The number of benzene rings is 2. The van der Waals surface area contributed by atoms with E-state index in [-0.39, 0.29) is 23.8 Å². The van der Waals surface area contributed by atoms with Crippen molar-refractivity contribution >= 4 is 39.9 Å². The van der Waals surface area contributed by atoms with Crippen molar-refractivity contribution < 1.29 is 18.7 Å². The van der Waals surface area contributed by atoms with Gasteiger partial charge in [-0.2, -0.15) is 10.0 Å². The number of hydrazone groups is 1. The third-order valence-electron chi connectivity index (χ3n) is 5.66. The highest BCUT2D eigenvalue weighted by Crippen LogP contribution is 2.33. The van der Waals surface area contributed by atoms with E-state index in [2.05, 4.69) is 15.0 Å². The molecule has 0 spiro atoms. The maximum atomic E-state index is 13.9. The molecule has 1 fully saturated rings. The maximum absolute atomic E-state index is 13.9. The molecule has 8 nitrogen and oxygen atoms in total. The van der Waals surface area contributed by atoms with Crippen LogP contribution in [0.5, 0.6) is 11.5 Å². The van der Waals surface area contributed by atoms with Crippen molar-refractivity contribution in [3.8, 4) is 11.5 Å². The average Bonchev–Trinajstić information content (AvgIpc) is 3.52. The molecular formula is C24H22FN5O3S. The Balaban J connectivity index is 1.36. The molecule has 5 rings (SSSR count). The molecule has 0 bridgehead atoms. The zero-order chi connectivity index (χ0) is 23.7. The highest BCUT2D eigenvalue weighted by molar-refractivity contribution is 8.26. The Kier molecular flexibility index (Phi) is 6.06. The molecule has 3 aliphatic heterocycles. The number of thioether (sulfide) groups is 1. The zero-order valence-corrected chi connectivity index (χ0v) is 19.3. The van der Waals surface area contributed by atoms with Crippen molar-refractivity contribution in [2.45, 2.75) is 19.4 Å². The largest absolute Gasteiger partial charge is 0.493 e. The molecular weight excluding hydrogens is 457 g/mol. The minimum Gasteiger partial charge on any atom is -0.493 e. The standard InChI is InChI=1S/C24H22FN5O3S/c1-32-20-13-15(8-9-19(20)33-14-16-6-2-3-7-18(16)25)12-17-21(26)30-23(27-22(17)31)34-24(28-30)29-10-4-5-11-29/h2-3,6-9,12-13,26H,4-5,10-11,14H2,1H3/b17-12-,26-21?. The normalized spacial score (nSPS) is 18.8. The van der Waals surface area contributed by atoms with Crippen molar-refractivity contribution in [3.05, 3.63) is 65.0 Å². The Morgan fingerprint density at radius 1 is 1.15 bits per heavy atom. The number of ether oxygens (including phenoxy) is 2. The molecule has 10 heteroatoms. The van der Waals surface area contributed by atoms with Gasteiger partial charge in [0.1, 0.15) is 12.4 Å². The van der Waals surface area contributed by atoms with Crippen molar-refractivity contribution in [3.63, 3.8) is 0 Å². The predicted molar refractivity (Wildman–Crippen MR) is 130 cm³/mol. The molecule has 1 amide bonds. The van der Waals surface area contributed by atoms with Crippen molar-refractivity contribution in [2.75, 3.05) is 20.2 Å². The van der Waals surface area contributed by atoms with E-state index in [1.165, 1.54) is 29.9 Å². The third-order valence-corrected chi connectivity index (χ3v) is 6.63. The second kappa shape index (κ2) is 9.30. The number of halogens is 1. The summed E-state index contributed by atoms with van der Waals surface area (Å²) in [5.74, 6) is 0.0218. The second-order valence-corrected chi connectivity index (χ2v) is 8.82. The molecule has 174 valence electrons. The van der Waals surface area contributed by atoms with Crippen molar-refractivity contribution in [2.24, 2.45) is 10.1 Å². The molecule has 34 heavy (non-hydrogen) atoms. The first-order chi connectivity index (χ1) is 16.5. The van der Waals surface area contributed by atoms with Crippen LogP contribution < -0.4 is 9.47 Å². The fraction of sp³-hybridized carbons (Fsp3) is 0.250. The summed E-state index contributed by atoms with van der Waals surface area (Å²) in [6.45, 7) is 1.89. The average molecular weight is 480 g/mol. The molecule has 3 heterocycles. The molecule has 0 radical (unpaired) electrons. The molecule has 2 aromatic rings. The number of hydrogen-bond donors (Lipinski definition) is 1. The van der Waals surface area contributed by atoms with Crippen LogP contribution in [0, 0.1) is 11.2 Å². The van der Waals surface area contributed by atoms with Gasteiger partial charge in [-0.1, -0.05) is 24.3 Å². The van der Waals surface area contributed by atoms with E-state index in [1.54, 1.807) is 42.5 Å². The van der Waals surface area contributed by atoms with Gasteiger partial charge in [0.05, 0.1) is 12.7 Å². The molecule has 2 aromatic carbocycles. The molecule has 0 aliphatic carbocycles. The first-order valence-electron chi connectivity index (χ1n) is 10.8. The fourth-order valence-corrected chi connectivity index (χ4v) is 4.79. The first-order valence-corrected chi connectivity index (χ1v) is 11.6. The SMILES string of the molecule is COc1cc(/C=C2/C(=N)N3N=C(N4CCCC4)SC3=NC2=O)ccc1OCc1ccccc1F. The highest BCUT2D eigenvalue weighted by Gasteiger charge is 2.37. The van der Waals surface area contributed by atoms with Crippen LogP contribution in [0.15, 0.2) is 58.1 Å². The van der Waals surface area contributed by atoms with E-state index in [4.69, 9.17) is 14.9 Å². The Labute approximate surface area is 200 Å². The van der Waals surface area contributed by atoms with Gasteiger partial charge in [0.15, 0.2) is 22.5 Å². The minimum absolute atomic E-state index is 0.0180. The third kappa shape index (κ3) is 4.28. The van der Waals surface area contributed by atoms with E-state index in [9.17, 15) is 9.18 Å². The summed E-state index contributed by atoms with van der Waals surface area (Å²) in [5.41, 5.74) is 1.21. The molecule has 1 saturated heterocycles.